The Morgan fingerprint density at radius 1 is 1.47 bits per heavy atom. The largest absolute Gasteiger partial charge is 0.319 e. The van der Waals surface area contributed by atoms with Crippen LogP contribution in [0, 0.1) is 0 Å². The molecule has 1 nitrogen and oxygen atoms in total. The minimum absolute atomic E-state index is 0.157. The number of hydrogen-bond acceptors (Lipinski definition) is 2. The van der Waals surface area contributed by atoms with Gasteiger partial charge in [0.15, 0.2) is 0 Å². The highest BCUT2D eigenvalue weighted by Gasteiger charge is 2.39. The molecule has 0 aliphatic heterocycles. The lowest BCUT2D eigenvalue weighted by Crippen LogP contribution is -2.38. The first-order valence-electron chi connectivity index (χ1n) is 4.01. The summed E-state index contributed by atoms with van der Waals surface area (Å²) in [7, 11) is 0. The molecule has 0 aromatic carbocycles. The summed E-state index contributed by atoms with van der Waals surface area (Å²) in [6, 6.07) is 1.75. The van der Waals surface area contributed by atoms with Crippen LogP contribution in [-0.2, 0) is 6.54 Å². The smallest absolute Gasteiger partial charge is 0.307 e. The van der Waals surface area contributed by atoms with Gasteiger partial charge in [-0.25, -0.2) is 8.78 Å². The molecule has 0 saturated heterocycles. The fourth-order valence-corrected chi connectivity index (χ4v) is 2.10. The van der Waals surface area contributed by atoms with Crippen LogP contribution in [0.15, 0.2) is 15.2 Å². The third-order valence-electron chi connectivity index (χ3n) is 1.63. The van der Waals surface area contributed by atoms with E-state index in [0.29, 0.717) is 0 Å². The van der Waals surface area contributed by atoms with E-state index < -0.39 is 18.9 Å². The van der Waals surface area contributed by atoms with E-state index in [-0.39, 0.29) is 6.54 Å². The molecule has 1 N–H and O–H groups in total. The Kier molecular flexibility index (Phi) is 4.54. The van der Waals surface area contributed by atoms with Gasteiger partial charge in [-0.15, -0.1) is 11.3 Å². The lowest BCUT2D eigenvalue weighted by molar-refractivity contribution is -0.125. The molecule has 0 aliphatic carbocycles. The van der Waals surface area contributed by atoms with E-state index in [1.807, 2.05) is 0 Å². The maximum Gasteiger partial charge on any atom is 0.319 e. The van der Waals surface area contributed by atoms with Crippen molar-refractivity contribution < 1.29 is 17.6 Å². The number of halogens is 5. The van der Waals surface area contributed by atoms with Crippen molar-refractivity contribution in [2.24, 2.45) is 0 Å². The van der Waals surface area contributed by atoms with Gasteiger partial charge in [0.2, 0.25) is 0 Å². The number of alkyl halides is 4. The van der Waals surface area contributed by atoms with Crippen molar-refractivity contribution >= 4 is 27.3 Å². The topological polar surface area (TPSA) is 12.0 Å². The summed E-state index contributed by atoms with van der Waals surface area (Å²) in [5.74, 6) is -3.97. The SMILES string of the molecule is FC(F)C(F)(F)CNCc1csc(Br)c1. The maximum atomic E-state index is 12.4. The van der Waals surface area contributed by atoms with Crippen LogP contribution in [0.3, 0.4) is 0 Å². The molecule has 0 fully saturated rings. The molecule has 15 heavy (non-hydrogen) atoms. The quantitative estimate of drug-likeness (QED) is 0.821. The monoisotopic (exact) mass is 305 g/mol. The maximum absolute atomic E-state index is 12.4. The van der Waals surface area contributed by atoms with Crippen molar-refractivity contribution in [3.05, 3.63) is 20.8 Å². The summed E-state index contributed by atoms with van der Waals surface area (Å²) in [5, 5.41) is 4.05. The molecule has 0 spiro atoms. The number of thiophene rings is 1. The molecular formula is C8H8BrF4NS. The van der Waals surface area contributed by atoms with Crippen molar-refractivity contribution in [1.29, 1.82) is 0 Å². The Morgan fingerprint density at radius 3 is 2.60 bits per heavy atom. The minimum atomic E-state index is -3.97. The third-order valence-corrected chi connectivity index (χ3v) is 3.18. The van der Waals surface area contributed by atoms with Crippen LogP contribution in [0.2, 0.25) is 0 Å². The first-order chi connectivity index (χ1) is 6.92. The molecule has 0 radical (unpaired) electrons. The standard InChI is InChI=1S/C8H8BrF4NS/c9-6-1-5(3-15-6)2-14-4-8(12,13)7(10)11/h1,3,7,14H,2,4H2. The molecule has 0 atom stereocenters. The zero-order valence-corrected chi connectivity index (χ0v) is 9.85. The van der Waals surface area contributed by atoms with Gasteiger partial charge in [-0.1, -0.05) is 0 Å². The van der Waals surface area contributed by atoms with Gasteiger partial charge >= 0.3 is 12.3 Å². The summed E-state index contributed by atoms with van der Waals surface area (Å²) in [5.41, 5.74) is 0.789. The highest BCUT2D eigenvalue weighted by molar-refractivity contribution is 9.11. The number of hydrogen-bond donors (Lipinski definition) is 1. The zero-order chi connectivity index (χ0) is 11.5. The second-order valence-corrected chi connectivity index (χ2v) is 5.21. The summed E-state index contributed by atoms with van der Waals surface area (Å²) in [4.78, 5) is 0. The average molecular weight is 306 g/mol. The van der Waals surface area contributed by atoms with Gasteiger partial charge in [0.25, 0.3) is 0 Å². The van der Waals surface area contributed by atoms with Crippen molar-refractivity contribution in [2.75, 3.05) is 6.54 Å². The average Bonchev–Trinajstić information content (AvgIpc) is 2.51. The third kappa shape index (κ3) is 4.08. The Bertz CT molecular complexity index is 315. The highest BCUT2D eigenvalue weighted by Crippen LogP contribution is 2.23. The van der Waals surface area contributed by atoms with E-state index in [0.717, 1.165) is 9.35 Å². The fraction of sp³-hybridized carbons (Fsp3) is 0.500. The first-order valence-corrected chi connectivity index (χ1v) is 5.68. The van der Waals surface area contributed by atoms with Crippen LogP contribution >= 0.6 is 27.3 Å². The highest BCUT2D eigenvalue weighted by atomic mass is 79.9. The van der Waals surface area contributed by atoms with E-state index in [1.54, 1.807) is 11.4 Å². The van der Waals surface area contributed by atoms with E-state index in [2.05, 4.69) is 21.2 Å². The number of rotatable bonds is 5. The van der Waals surface area contributed by atoms with Gasteiger partial charge in [-0.3, -0.25) is 0 Å². The molecule has 86 valence electrons. The summed E-state index contributed by atoms with van der Waals surface area (Å²) in [6.07, 6.45) is -3.63. The molecule has 1 aromatic heterocycles. The van der Waals surface area contributed by atoms with Crippen LogP contribution in [-0.4, -0.2) is 18.9 Å². The Balaban J connectivity index is 2.33. The second kappa shape index (κ2) is 5.27. The summed E-state index contributed by atoms with van der Waals surface area (Å²) < 4.78 is 49.2. The van der Waals surface area contributed by atoms with Crippen molar-refractivity contribution in [3.63, 3.8) is 0 Å². The summed E-state index contributed by atoms with van der Waals surface area (Å²) >= 11 is 4.62. The van der Waals surface area contributed by atoms with Crippen LogP contribution in [0.1, 0.15) is 5.56 Å². The van der Waals surface area contributed by atoms with Gasteiger partial charge in [0.1, 0.15) is 0 Å². The van der Waals surface area contributed by atoms with Crippen LogP contribution in [0.5, 0.6) is 0 Å². The Labute approximate surface area is 96.6 Å². The minimum Gasteiger partial charge on any atom is -0.307 e. The molecule has 7 heteroatoms. The van der Waals surface area contributed by atoms with E-state index in [1.165, 1.54) is 11.3 Å². The van der Waals surface area contributed by atoms with Gasteiger partial charge < -0.3 is 5.32 Å². The Hall–Kier alpha value is -0.140. The Morgan fingerprint density at radius 2 is 2.13 bits per heavy atom. The normalized spacial score (nSPS) is 12.4. The number of nitrogens with one attached hydrogen (secondary N) is 1. The van der Waals surface area contributed by atoms with E-state index >= 15 is 0 Å². The predicted octanol–water partition coefficient (Wildman–Crippen LogP) is 3.50. The van der Waals surface area contributed by atoms with E-state index in [4.69, 9.17) is 0 Å². The zero-order valence-electron chi connectivity index (χ0n) is 7.44. The van der Waals surface area contributed by atoms with Gasteiger partial charge in [0, 0.05) is 6.54 Å². The van der Waals surface area contributed by atoms with Crippen LogP contribution in [0.25, 0.3) is 0 Å². The van der Waals surface area contributed by atoms with E-state index in [9.17, 15) is 17.6 Å². The molecule has 0 aliphatic rings. The molecule has 0 amide bonds. The molecule has 1 rings (SSSR count). The van der Waals surface area contributed by atoms with Gasteiger partial charge in [0.05, 0.1) is 10.3 Å². The first kappa shape index (κ1) is 12.9. The lowest BCUT2D eigenvalue weighted by Gasteiger charge is -2.15. The molecule has 1 aromatic rings. The second-order valence-electron chi connectivity index (χ2n) is 2.92. The van der Waals surface area contributed by atoms with Gasteiger partial charge in [-0.2, -0.15) is 8.78 Å². The lowest BCUT2D eigenvalue weighted by atomic mass is 10.3. The predicted molar refractivity (Wildman–Crippen MR) is 54.7 cm³/mol. The molecule has 1 heterocycles. The molecule has 0 saturated carbocycles. The van der Waals surface area contributed by atoms with Crippen molar-refractivity contribution in [3.8, 4) is 0 Å². The van der Waals surface area contributed by atoms with Crippen LogP contribution < -0.4 is 5.32 Å². The molecular weight excluding hydrogens is 298 g/mol. The summed E-state index contributed by atoms with van der Waals surface area (Å²) in [6.45, 7) is -0.859. The molecule has 0 bridgehead atoms. The van der Waals surface area contributed by atoms with Gasteiger partial charge in [-0.05, 0) is 32.9 Å². The van der Waals surface area contributed by atoms with Crippen molar-refractivity contribution in [2.45, 2.75) is 18.9 Å². The molecule has 0 unspecified atom stereocenters. The van der Waals surface area contributed by atoms with Crippen molar-refractivity contribution in [1.82, 2.24) is 5.32 Å². The fourth-order valence-electron chi connectivity index (χ4n) is 0.889. The van der Waals surface area contributed by atoms with Crippen LogP contribution in [0.4, 0.5) is 17.6 Å².